The molecular weight excluding hydrogens is 206 g/mol. The quantitative estimate of drug-likeness (QED) is 0.830. The van der Waals surface area contributed by atoms with Crippen LogP contribution in [0.1, 0.15) is 42.9 Å². The van der Waals surface area contributed by atoms with E-state index in [0.29, 0.717) is 0 Å². The maximum Gasteiger partial charge on any atom is 0.0208 e. The molecule has 94 valence electrons. The van der Waals surface area contributed by atoms with E-state index in [9.17, 15) is 0 Å². The van der Waals surface area contributed by atoms with Gasteiger partial charge in [0.2, 0.25) is 0 Å². The van der Waals surface area contributed by atoms with E-state index in [1.807, 2.05) is 0 Å². The summed E-state index contributed by atoms with van der Waals surface area (Å²) in [7, 11) is 0. The summed E-state index contributed by atoms with van der Waals surface area (Å²) in [6.45, 7) is 9.02. The highest BCUT2D eigenvalue weighted by atomic mass is 14.9. The molecule has 0 amide bonds. The maximum atomic E-state index is 3.63. The van der Waals surface area contributed by atoms with Crippen molar-refractivity contribution in [2.24, 2.45) is 11.8 Å². The zero-order chi connectivity index (χ0) is 12.3. The van der Waals surface area contributed by atoms with E-state index in [1.54, 1.807) is 0 Å². The van der Waals surface area contributed by atoms with Crippen LogP contribution in [0.4, 0.5) is 0 Å². The standard InChI is InChI=1S/C16H25N/c1-12-7-8-15(9-12)10-17-11-16-6-4-5-13(2)14(16)3/h4-6,12,15,17H,7-11H2,1-3H3. The molecule has 1 heteroatoms. The number of aryl methyl sites for hydroxylation is 1. The summed E-state index contributed by atoms with van der Waals surface area (Å²) in [5.41, 5.74) is 4.30. The Labute approximate surface area is 106 Å². The van der Waals surface area contributed by atoms with Crippen LogP contribution in [-0.4, -0.2) is 6.54 Å². The third-order valence-corrected chi connectivity index (χ3v) is 4.27. The van der Waals surface area contributed by atoms with Gasteiger partial charge in [-0.25, -0.2) is 0 Å². The summed E-state index contributed by atoms with van der Waals surface area (Å²) >= 11 is 0. The molecule has 2 rings (SSSR count). The van der Waals surface area contributed by atoms with Gasteiger partial charge in [-0.3, -0.25) is 0 Å². The Morgan fingerprint density at radius 2 is 2.06 bits per heavy atom. The fourth-order valence-electron chi connectivity index (χ4n) is 2.92. The first kappa shape index (κ1) is 12.6. The molecule has 1 saturated carbocycles. The van der Waals surface area contributed by atoms with Gasteiger partial charge in [0.15, 0.2) is 0 Å². The van der Waals surface area contributed by atoms with E-state index in [0.717, 1.165) is 18.4 Å². The molecule has 2 atom stereocenters. The van der Waals surface area contributed by atoms with Gasteiger partial charge in [0.05, 0.1) is 0 Å². The average molecular weight is 231 g/mol. The molecule has 2 unspecified atom stereocenters. The Bertz CT molecular complexity index is 370. The predicted molar refractivity (Wildman–Crippen MR) is 74.1 cm³/mol. The van der Waals surface area contributed by atoms with Crippen molar-refractivity contribution < 1.29 is 0 Å². The fourth-order valence-corrected chi connectivity index (χ4v) is 2.92. The Balaban J connectivity index is 1.80. The molecular formula is C16H25N. The van der Waals surface area contributed by atoms with Gasteiger partial charge in [-0.05, 0) is 61.8 Å². The van der Waals surface area contributed by atoms with Gasteiger partial charge in [0.25, 0.3) is 0 Å². The summed E-state index contributed by atoms with van der Waals surface area (Å²) in [4.78, 5) is 0. The molecule has 0 bridgehead atoms. The first-order valence-electron chi connectivity index (χ1n) is 6.92. The first-order valence-corrected chi connectivity index (χ1v) is 6.92. The minimum absolute atomic E-state index is 0.912. The molecule has 1 N–H and O–H groups in total. The molecule has 1 fully saturated rings. The lowest BCUT2D eigenvalue weighted by Crippen LogP contribution is -2.21. The van der Waals surface area contributed by atoms with Crippen LogP contribution in [0.15, 0.2) is 18.2 Å². The van der Waals surface area contributed by atoms with Gasteiger partial charge in [0, 0.05) is 6.54 Å². The van der Waals surface area contributed by atoms with E-state index in [4.69, 9.17) is 0 Å². The number of hydrogen-bond acceptors (Lipinski definition) is 1. The van der Waals surface area contributed by atoms with Crippen molar-refractivity contribution in [1.82, 2.24) is 5.32 Å². The lowest BCUT2D eigenvalue weighted by atomic mass is 10.0. The molecule has 1 aromatic carbocycles. The van der Waals surface area contributed by atoms with Crippen molar-refractivity contribution in [3.05, 3.63) is 34.9 Å². The van der Waals surface area contributed by atoms with Gasteiger partial charge in [-0.15, -0.1) is 0 Å². The van der Waals surface area contributed by atoms with Crippen molar-refractivity contribution in [3.63, 3.8) is 0 Å². The summed E-state index contributed by atoms with van der Waals surface area (Å²) in [5.74, 6) is 1.86. The summed E-state index contributed by atoms with van der Waals surface area (Å²) in [6, 6.07) is 6.60. The van der Waals surface area contributed by atoms with E-state index in [1.165, 1.54) is 42.5 Å². The molecule has 0 heterocycles. The van der Waals surface area contributed by atoms with Crippen molar-refractivity contribution in [3.8, 4) is 0 Å². The van der Waals surface area contributed by atoms with Crippen LogP contribution in [0.3, 0.4) is 0 Å². The van der Waals surface area contributed by atoms with E-state index >= 15 is 0 Å². The van der Waals surface area contributed by atoms with E-state index in [2.05, 4.69) is 44.3 Å². The lowest BCUT2D eigenvalue weighted by Gasteiger charge is -2.13. The van der Waals surface area contributed by atoms with Gasteiger partial charge in [-0.2, -0.15) is 0 Å². The molecule has 0 radical (unpaired) electrons. The zero-order valence-corrected chi connectivity index (χ0v) is 11.4. The van der Waals surface area contributed by atoms with Crippen molar-refractivity contribution in [2.75, 3.05) is 6.54 Å². The van der Waals surface area contributed by atoms with Crippen molar-refractivity contribution >= 4 is 0 Å². The van der Waals surface area contributed by atoms with Crippen molar-refractivity contribution in [1.29, 1.82) is 0 Å². The topological polar surface area (TPSA) is 12.0 Å². The fraction of sp³-hybridized carbons (Fsp3) is 0.625. The SMILES string of the molecule is Cc1cccc(CNCC2CCC(C)C2)c1C. The Kier molecular flexibility index (Phi) is 4.22. The predicted octanol–water partition coefficient (Wildman–Crippen LogP) is 3.83. The minimum Gasteiger partial charge on any atom is -0.312 e. The number of nitrogens with one attached hydrogen (secondary N) is 1. The molecule has 1 nitrogen and oxygen atoms in total. The highest BCUT2D eigenvalue weighted by Gasteiger charge is 2.20. The third-order valence-electron chi connectivity index (χ3n) is 4.27. The molecule has 1 aliphatic carbocycles. The number of hydrogen-bond donors (Lipinski definition) is 1. The summed E-state index contributed by atoms with van der Waals surface area (Å²) in [5, 5.41) is 3.63. The van der Waals surface area contributed by atoms with Crippen LogP contribution in [0.25, 0.3) is 0 Å². The molecule has 0 aromatic heterocycles. The summed E-state index contributed by atoms with van der Waals surface area (Å²) in [6.07, 6.45) is 4.26. The van der Waals surface area contributed by atoms with Crippen LogP contribution in [0.2, 0.25) is 0 Å². The van der Waals surface area contributed by atoms with Gasteiger partial charge in [0.1, 0.15) is 0 Å². The smallest absolute Gasteiger partial charge is 0.0208 e. The van der Waals surface area contributed by atoms with E-state index < -0.39 is 0 Å². The van der Waals surface area contributed by atoms with Crippen LogP contribution in [0, 0.1) is 25.7 Å². The highest BCUT2D eigenvalue weighted by molar-refractivity contribution is 5.32. The second-order valence-corrected chi connectivity index (χ2v) is 5.77. The highest BCUT2D eigenvalue weighted by Crippen LogP contribution is 2.29. The van der Waals surface area contributed by atoms with Gasteiger partial charge >= 0.3 is 0 Å². The molecule has 1 aliphatic rings. The molecule has 0 saturated heterocycles. The normalized spacial score (nSPS) is 24.2. The molecule has 1 aromatic rings. The van der Waals surface area contributed by atoms with Crippen molar-refractivity contribution in [2.45, 2.75) is 46.6 Å². The van der Waals surface area contributed by atoms with Gasteiger partial charge in [-0.1, -0.05) is 31.5 Å². The largest absolute Gasteiger partial charge is 0.312 e. The zero-order valence-electron chi connectivity index (χ0n) is 11.4. The van der Waals surface area contributed by atoms with Gasteiger partial charge < -0.3 is 5.32 Å². The van der Waals surface area contributed by atoms with Crippen LogP contribution >= 0.6 is 0 Å². The molecule has 0 spiro atoms. The monoisotopic (exact) mass is 231 g/mol. The second-order valence-electron chi connectivity index (χ2n) is 5.77. The van der Waals surface area contributed by atoms with E-state index in [-0.39, 0.29) is 0 Å². The lowest BCUT2D eigenvalue weighted by molar-refractivity contribution is 0.470. The van der Waals surface area contributed by atoms with Crippen LogP contribution in [0.5, 0.6) is 0 Å². The third kappa shape index (κ3) is 3.32. The molecule has 0 aliphatic heterocycles. The first-order chi connectivity index (χ1) is 8.16. The average Bonchev–Trinajstić information content (AvgIpc) is 2.70. The number of rotatable bonds is 4. The van der Waals surface area contributed by atoms with Crippen LogP contribution in [-0.2, 0) is 6.54 Å². The molecule has 17 heavy (non-hydrogen) atoms. The second kappa shape index (κ2) is 5.68. The Morgan fingerprint density at radius 3 is 2.76 bits per heavy atom. The Morgan fingerprint density at radius 1 is 1.24 bits per heavy atom. The Hall–Kier alpha value is -0.820. The number of benzene rings is 1. The van der Waals surface area contributed by atoms with Crippen LogP contribution < -0.4 is 5.32 Å². The maximum absolute atomic E-state index is 3.63. The summed E-state index contributed by atoms with van der Waals surface area (Å²) < 4.78 is 0. The minimum atomic E-state index is 0.912.